The third-order valence-electron chi connectivity index (χ3n) is 2.50. The third kappa shape index (κ3) is 2.19. The first-order chi connectivity index (χ1) is 8.69. The topological polar surface area (TPSA) is 60.5 Å². The van der Waals surface area contributed by atoms with Gasteiger partial charge in [0.1, 0.15) is 17.2 Å². The fourth-order valence-electron chi connectivity index (χ4n) is 1.67. The minimum atomic E-state index is -0.120. The summed E-state index contributed by atoms with van der Waals surface area (Å²) in [5.41, 5.74) is 1.38. The molecule has 0 aliphatic rings. The van der Waals surface area contributed by atoms with Crippen molar-refractivity contribution in [2.45, 2.75) is 0 Å². The fourth-order valence-corrected chi connectivity index (χ4v) is 2.24. The fraction of sp³-hybridized carbons (Fsp3) is 0.250. The Hall–Kier alpha value is -1.95. The summed E-state index contributed by atoms with van der Waals surface area (Å²) in [6.07, 6.45) is 0. The molecule has 1 aromatic carbocycles. The maximum Gasteiger partial charge on any atom is 0.304 e. The molecule has 5 nitrogen and oxygen atoms in total. The van der Waals surface area contributed by atoms with Crippen LogP contribution in [0.2, 0.25) is 0 Å². The Morgan fingerprint density at radius 2 is 1.67 bits per heavy atom. The van der Waals surface area contributed by atoms with Gasteiger partial charge in [-0.05, 0) is 0 Å². The van der Waals surface area contributed by atoms with Crippen LogP contribution < -0.4 is 19.1 Å². The van der Waals surface area contributed by atoms with Crippen LogP contribution in [0, 0.1) is 0 Å². The van der Waals surface area contributed by atoms with Gasteiger partial charge in [0.05, 0.1) is 32.6 Å². The molecule has 2 rings (SSSR count). The van der Waals surface area contributed by atoms with E-state index in [4.69, 9.17) is 14.2 Å². The first-order valence-electron chi connectivity index (χ1n) is 5.17. The Labute approximate surface area is 108 Å². The molecule has 1 aromatic heterocycles. The quantitative estimate of drug-likeness (QED) is 0.921. The van der Waals surface area contributed by atoms with E-state index in [1.807, 2.05) is 0 Å². The minimum absolute atomic E-state index is 0.120. The number of aromatic nitrogens is 1. The number of H-pyrrole nitrogens is 1. The van der Waals surface area contributed by atoms with Crippen molar-refractivity contribution in [3.8, 4) is 28.5 Å². The van der Waals surface area contributed by atoms with Crippen molar-refractivity contribution in [2.24, 2.45) is 0 Å². The summed E-state index contributed by atoms with van der Waals surface area (Å²) in [7, 11) is 4.69. The van der Waals surface area contributed by atoms with Crippen molar-refractivity contribution in [1.29, 1.82) is 0 Å². The summed E-state index contributed by atoms with van der Waals surface area (Å²) in [4.78, 5) is 13.9. The van der Waals surface area contributed by atoms with Crippen LogP contribution in [0.4, 0.5) is 0 Å². The van der Waals surface area contributed by atoms with Crippen LogP contribution >= 0.6 is 11.3 Å². The number of hydrogen-bond acceptors (Lipinski definition) is 5. The summed E-state index contributed by atoms with van der Waals surface area (Å²) in [5.74, 6) is 1.80. The van der Waals surface area contributed by atoms with Crippen molar-refractivity contribution in [3.05, 3.63) is 27.2 Å². The van der Waals surface area contributed by atoms with E-state index in [1.54, 1.807) is 38.8 Å². The van der Waals surface area contributed by atoms with Crippen LogP contribution in [0.15, 0.2) is 22.3 Å². The highest BCUT2D eigenvalue weighted by Gasteiger charge is 2.16. The van der Waals surface area contributed by atoms with Crippen LogP contribution in [0.5, 0.6) is 17.2 Å². The second-order valence-electron chi connectivity index (χ2n) is 3.47. The molecule has 0 amide bonds. The van der Waals surface area contributed by atoms with Crippen molar-refractivity contribution < 1.29 is 14.2 Å². The van der Waals surface area contributed by atoms with Crippen molar-refractivity contribution in [3.63, 3.8) is 0 Å². The average molecular weight is 267 g/mol. The van der Waals surface area contributed by atoms with Crippen molar-refractivity contribution in [1.82, 2.24) is 4.98 Å². The second-order valence-corrected chi connectivity index (χ2v) is 4.31. The van der Waals surface area contributed by atoms with Crippen molar-refractivity contribution >= 4 is 11.3 Å². The van der Waals surface area contributed by atoms with E-state index in [2.05, 4.69) is 4.98 Å². The molecule has 6 heteroatoms. The molecule has 0 aliphatic heterocycles. The number of methoxy groups -OCH3 is 3. The van der Waals surface area contributed by atoms with Gasteiger partial charge in [0.2, 0.25) is 0 Å². The zero-order valence-electron chi connectivity index (χ0n) is 10.3. The molecule has 0 atom stereocenters. The molecule has 0 spiro atoms. The van der Waals surface area contributed by atoms with E-state index in [0.717, 1.165) is 11.3 Å². The van der Waals surface area contributed by atoms with Crippen LogP contribution in [0.1, 0.15) is 0 Å². The van der Waals surface area contributed by atoms with Crippen molar-refractivity contribution in [2.75, 3.05) is 21.3 Å². The van der Waals surface area contributed by atoms with Gasteiger partial charge >= 0.3 is 4.87 Å². The number of hydrogen-bond donors (Lipinski definition) is 1. The van der Waals surface area contributed by atoms with Crippen LogP contribution in [0.25, 0.3) is 11.3 Å². The predicted octanol–water partition coefficient (Wildman–Crippen LogP) is 2.13. The Kier molecular flexibility index (Phi) is 3.57. The van der Waals surface area contributed by atoms with Gasteiger partial charge < -0.3 is 19.2 Å². The molecular weight excluding hydrogens is 254 g/mol. The second kappa shape index (κ2) is 5.14. The SMILES string of the molecule is COc1cc(OC)c(-c2csc(=O)[nH]2)c(OC)c1. The Morgan fingerprint density at radius 1 is 1.06 bits per heavy atom. The third-order valence-corrected chi connectivity index (χ3v) is 3.17. The average Bonchev–Trinajstić information content (AvgIpc) is 2.83. The van der Waals surface area contributed by atoms with Crippen LogP contribution in [0.3, 0.4) is 0 Å². The lowest BCUT2D eigenvalue weighted by Crippen LogP contribution is -1.98. The highest BCUT2D eigenvalue weighted by Crippen LogP contribution is 2.40. The zero-order valence-corrected chi connectivity index (χ0v) is 11.1. The van der Waals surface area contributed by atoms with Gasteiger partial charge in [0.15, 0.2) is 0 Å². The maximum atomic E-state index is 11.2. The number of benzene rings is 1. The molecule has 0 unspecified atom stereocenters. The van der Waals surface area contributed by atoms with E-state index >= 15 is 0 Å². The van der Waals surface area contributed by atoms with E-state index in [0.29, 0.717) is 28.5 Å². The highest BCUT2D eigenvalue weighted by molar-refractivity contribution is 7.07. The first-order valence-corrected chi connectivity index (χ1v) is 6.05. The number of rotatable bonds is 4. The molecule has 0 saturated carbocycles. The van der Waals surface area contributed by atoms with Gasteiger partial charge in [-0.2, -0.15) is 0 Å². The largest absolute Gasteiger partial charge is 0.496 e. The molecule has 0 aliphatic carbocycles. The van der Waals surface area contributed by atoms with E-state index in [9.17, 15) is 4.79 Å². The number of ether oxygens (including phenoxy) is 3. The standard InChI is InChI=1S/C12H13NO4S/c1-15-7-4-9(16-2)11(10(5-7)17-3)8-6-18-12(14)13-8/h4-6H,1-3H3,(H,13,14). The van der Waals surface area contributed by atoms with Gasteiger partial charge in [0, 0.05) is 17.5 Å². The first kappa shape index (κ1) is 12.5. The van der Waals surface area contributed by atoms with Gasteiger partial charge in [-0.3, -0.25) is 4.79 Å². The highest BCUT2D eigenvalue weighted by atomic mass is 32.1. The van der Waals surface area contributed by atoms with E-state index < -0.39 is 0 Å². The summed E-state index contributed by atoms with van der Waals surface area (Å²) in [6.45, 7) is 0. The molecule has 0 radical (unpaired) electrons. The smallest absolute Gasteiger partial charge is 0.304 e. The van der Waals surface area contributed by atoms with Crippen LogP contribution in [-0.2, 0) is 0 Å². The normalized spacial score (nSPS) is 10.2. The number of aromatic amines is 1. The molecule has 1 heterocycles. The molecule has 0 saturated heterocycles. The summed E-state index contributed by atoms with van der Waals surface area (Å²) >= 11 is 1.09. The Balaban J connectivity index is 2.67. The van der Waals surface area contributed by atoms with Gasteiger partial charge in [-0.25, -0.2) is 0 Å². The van der Waals surface area contributed by atoms with Gasteiger partial charge in [0.25, 0.3) is 0 Å². The Morgan fingerprint density at radius 3 is 2.06 bits per heavy atom. The molecule has 0 bridgehead atoms. The molecular formula is C12H13NO4S. The molecule has 18 heavy (non-hydrogen) atoms. The zero-order chi connectivity index (χ0) is 13.1. The predicted molar refractivity (Wildman–Crippen MR) is 70.0 cm³/mol. The lowest BCUT2D eigenvalue weighted by molar-refractivity contribution is 0.377. The van der Waals surface area contributed by atoms with Gasteiger partial charge in [-0.1, -0.05) is 11.3 Å². The number of thiazole rings is 1. The molecule has 2 aromatic rings. The van der Waals surface area contributed by atoms with Crippen LogP contribution in [-0.4, -0.2) is 26.3 Å². The molecule has 1 N–H and O–H groups in total. The van der Waals surface area contributed by atoms with E-state index in [1.165, 1.54) is 0 Å². The maximum absolute atomic E-state index is 11.2. The lowest BCUT2D eigenvalue weighted by atomic mass is 10.1. The summed E-state index contributed by atoms with van der Waals surface area (Å²) < 4.78 is 15.8. The monoisotopic (exact) mass is 267 g/mol. The van der Waals surface area contributed by atoms with Gasteiger partial charge in [-0.15, -0.1) is 0 Å². The summed E-state index contributed by atoms with van der Waals surface area (Å²) in [6, 6.07) is 3.49. The lowest BCUT2D eigenvalue weighted by Gasteiger charge is -2.13. The Bertz CT molecular complexity index is 577. The minimum Gasteiger partial charge on any atom is -0.496 e. The molecule has 0 fully saturated rings. The van der Waals surface area contributed by atoms with E-state index in [-0.39, 0.29) is 4.87 Å². The number of nitrogens with one attached hydrogen (secondary N) is 1. The summed E-state index contributed by atoms with van der Waals surface area (Å²) in [5, 5.41) is 1.73. The molecule has 96 valence electrons.